The first kappa shape index (κ1) is 17.9. The summed E-state index contributed by atoms with van der Waals surface area (Å²) in [5.74, 6) is 3.99. The van der Waals surface area contributed by atoms with Crippen molar-refractivity contribution < 1.29 is 13.3 Å². The fraction of sp³-hybridized carbons (Fsp3) is 0.150. The normalized spacial score (nSPS) is 11.1. The average molecular weight is 405 g/mol. The predicted molar refractivity (Wildman–Crippen MR) is 110 cm³/mol. The minimum absolute atomic E-state index is 0.435. The lowest BCUT2D eigenvalue weighted by molar-refractivity contribution is 0.517. The highest BCUT2D eigenvalue weighted by molar-refractivity contribution is 5.85. The molecule has 5 rings (SSSR count). The van der Waals surface area contributed by atoms with Crippen LogP contribution in [0.4, 0.5) is 17.7 Å². The number of aromatic amines is 1. The van der Waals surface area contributed by atoms with Crippen LogP contribution < -0.4 is 16.0 Å². The van der Waals surface area contributed by atoms with E-state index in [-0.39, 0.29) is 0 Å². The summed E-state index contributed by atoms with van der Waals surface area (Å²) in [6.45, 7) is 1.44. The van der Waals surface area contributed by atoms with E-state index in [0.29, 0.717) is 48.5 Å². The summed E-state index contributed by atoms with van der Waals surface area (Å²) in [6.07, 6.45) is 4.90. The second-order valence-electron chi connectivity index (χ2n) is 6.48. The molecule has 0 bridgehead atoms. The summed E-state index contributed by atoms with van der Waals surface area (Å²) in [4.78, 5) is 16.9. The van der Waals surface area contributed by atoms with Crippen molar-refractivity contribution in [3.8, 4) is 0 Å². The molecule has 5 aromatic rings. The maximum Gasteiger partial charge on any atom is 0.227 e. The van der Waals surface area contributed by atoms with Crippen molar-refractivity contribution in [3.63, 3.8) is 0 Å². The van der Waals surface area contributed by atoms with Crippen molar-refractivity contribution >= 4 is 28.9 Å². The van der Waals surface area contributed by atoms with Crippen LogP contribution in [-0.4, -0.2) is 19.9 Å². The molecule has 30 heavy (non-hydrogen) atoms. The van der Waals surface area contributed by atoms with Gasteiger partial charge in [0, 0.05) is 0 Å². The van der Waals surface area contributed by atoms with Crippen LogP contribution in [0, 0.1) is 0 Å². The van der Waals surface area contributed by atoms with Crippen molar-refractivity contribution in [2.45, 2.75) is 19.6 Å². The molecule has 0 saturated heterocycles. The van der Waals surface area contributed by atoms with E-state index in [9.17, 15) is 0 Å². The van der Waals surface area contributed by atoms with Gasteiger partial charge < -0.3 is 34.2 Å². The van der Waals surface area contributed by atoms with Crippen molar-refractivity contribution in [1.29, 1.82) is 0 Å². The molecule has 0 spiro atoms. The summed E-state index contributed by atoms with van der Waals surface area (Å²) in [5, 5.41) is 9.65. The monoisotopic (exact) mass is 405 g/mol. The lowest BCUT2D eigenvalue weighted by Gasteiger charge is -2.08. The molecule has 0 aliphatic rings. The lowest BCUT2D eigenvalue weighted by atomic mass is 10.4. The summed E-state index contributed by atoms with van der Waals surface area (Å²) >= 11 is 0. The van der Waals surface area contributed by atoms with Gasteiger partial charge in [-0.1, -0.05) is 0 Å². The number of fused-ring (bicyclic) bond motifs is 1. The molecular formula is C20H19N7O3. The SMILES string of the molecule is c1coc(CNc2nc(NCc3ccco3)c3[nH]c(NCc4ccco4)nc3n2)c1. The zero-order chi connectivity index (χ0) is 20.2. The first-order valence-electron chi connectivity index (χ1n) is 9.40. The number of anilines is 3. The number of rotatable bonds is 9. The van der Waals surface area contributed by atoms with Crippen LogP contribution in [0.2, 0.25) is 0 Å². The second-order valence-corrected chi connectivity index (χ2v) is 6.48. The molecule has 0 unspecified atom stereocenters. The van der Waals surface area contributed by atoms with Gasteiger partial charge in [0.1, 0.15) is 22.8 Å². The predicted octanol–water partition coefficient (Wildman–Crippen LogP) is 3.97. The number of aromatic nitrogens is 4. The molecule has 5 aromatic heterocycles. The smallest absolute Gasteiger partial charge is 0.227 e. The number of hydrogen-bond acceptors (Lipinski definition) is 9. The van der Waals surface area contributed by atoms with E-state index in [0.717, 1.165) is 17.3 Å². The molecule has 0 aliphatic carbocycles. The largest absolute Gasteiger partial charge is 0.467 e. The van der Waals surface area contributed by atoms with Gasteiger partial charge in [-0.05, 0) is 36.4 Å². The lowest BCUT2D eigenvalue weighted by Crippen LogP contribution is -2.07. The number of nitrogens with zero attached hydrogens (tertiary/aromatic N) is 3. The Morgan fingerprint density at radius 2 is 1.30 bits per heavy atom. The van der Waals surface area contributed by atoms with Gasteiger partial charge >= 0.3 is 0 Å². The zero-order valence-corrected chi connectivity index (χ0v) is 15.9. The van der Waals surface area contributed by atoms with E-state index in [1.165, 1.54) is 0 Å². The molecule has 0 atom stereocenters. The fourth-order valence-electron chi connectivity index (χ4n) is 2.94. The average Bonchev–Trinajstić information content (AvgIpc) is 3.56. The van der Waals surface area contributed by atoms with Gasteiger partial charge in [0.2, 0.25) is 11.9 Å². The molecule has 5 heterocycles. The van der Waals surface area contributed by atoms with Crippen LogP contribution >= 0.6 is 0 Å². The third kappa shape index (κ3) is 3.97. The Labute approximate surface area is 170 Å². The fourth-order valence-corrected chi connectivity index (χ4v) is 2.94. The third-order valence-electron chi connectivity index (χ3n) is 4.37. The van der Waals surface area contributed by atoms with Crippen molar-refractivity contribution in [1.82, 2.24) is 19.9 Å². The van der Waals surface area contributed by atoms with E-state index in [1.807, 2.05) is 36.4 Å². The highest BCUT2D eigenvalue weighted by atomic mass is 16.3. The van der Waals surface area contributed by atoms with Gasteiger partial charge in [0.05, 0.1) is 38.4 Å². The number of hydrogen-bond donors (Lipinski definition) is 4. The van der Waals surface area contributed by atoms with Crippen LogP contribution in [0.15, 0.2) is 68.4 Å². The first-order chi connectivity index (χ1) is 14.8. The molecule has 10 nitrogen and oxygen atoms in total. The maximum absolute atomic E-state index is 5.40. The highest BCUT2D eigenvalue weighted by Gasteiger charge is 2.14. The molecule has 4 N–H and O–H groups in total. The Bertz CT molecular complexity index is 1200. The minimum atomic E-state index is 0.435. The van der Waals surface area contributed by atoms with Crippen molar-refractivity contribution in [2.75, 3.05) is 16.0 Å². The highest BCUT2D eigenvalue weighted by Crippen LogP contribution is 2.23. The topological polar surface area (TPSA) is 130 Å². The van der Waals surface area contributed by atoms with Gasteiger partial charge in [-0.2, -0.15) is 15.0 Å². The van der Waals surface area contributed by atoms with E-state index in [2.05, 4.69) is 35.9 Å². The molecule has 10 heteroatoms. The van der Waals surface area contributed by atoms with E-state index in [4.69, 9.17) is 13.3 Å². The summed E-state index contributed by atoms with van der Waals surface area (Å²) in [5.41, 5.74) is 1.21. The minimum Gasteiger partial charge on any atom is -0.467 e. The van der Waals surface area contributed by atoms with Crippen LogP contribution in [0.5, 0.6) is 0 Å². The Hall–Kier alpha value is -4.21. The van der Waals surface area contributed by atoms with E-state index < -0.39 is 0 Å². The van der Waals surface area contributed by atoms with E-state index >= 15 is 0 Å². The van der Waals surface area contributed by atoms with Crippen molar-refractivity contribution in [3.05, 3.63) is 72.5 Å². The van der Waals surface area contributed by atoms with Crippen LogP contribution in [-0.2, 0) is 19.6 Å². The Morgan fingerprint density at radius 1 is 0.700 bits per heavy atom. The Morgan fingerprint density at radius 3 is 1.90 bits per heavy atom. The van der Waals surface area contributed by atoms with Crippen LogP contribution in [0.25, 0.3) is 11.2 Å². The summed E-state index contributed by atoms with van der Waals surface area (Å²) in [6, 6.07) is 11.2. The van der Waals surface area contributed by atoms with E-state index in [1.54, 1.807) is 18.8 Å². The standard InChI is InChI=1S/C20H19N7O3/c1-4-13(28-7-1)10-21-17-16-18(26-19(24-16)22-11-14-5-2-8-29-14)27-20(25-17)23-12-15-6-3-9-30-15/h1-9H,10-12H2,(H4,21,22,23,24,25,26,27). The summed E-state index contributed by atoms with van der Waals surface area (Å²) < 4.78 is 16.1. The molecule has 0 aromatic carbocycles. The van der Waals surface area contributed by atoms with Gasteiger partial charge in [0.25, 0.3) is 0 Å². The molecule has 0 saturated carbocycles. The Balaban J connectivity index is 1.40. The first-order valence-corrected chi connectivity index (χ1v) is 9.40. The van der Waals surface area contributed by atoms with Crippen molar-refractivity contribution in [2.24, 2.45) is 0 Å². The third-order valence-corrected chi connectivity index (χ3v) is 4.37. The second kappa shape index (κ2) is 8.03. The van der Waals surface area contributed by atoms with Gasteiger partial charge in [-0.3, -0.25) is 0 Å². The van der Waals surface area contributed by atoms with Gasteiger partial charge in [-0.25, -0.2) is 0 Å². The number of imidazole rings is 1. The molecule has 0 amide bonds. The van der Waals surface area contributed by atoms with Crippen LogP contribution in [0.1, 0.15) is 17.3 Å². The van der Waals surface area contributed by atoms with Gasteiger partial charge in [-0.15, -0.1) is 0 Å². The zero-order valence-electron chi connectivity index (χ0n) is 15.9. The summed E-state index contributed by atoms with van der Waals surface area (Å²) in [7, 11) is 0. The number of H-pyrrole nitrogens is 1. The number of furan rings is 3. The number of nitrogens with one attached hydrogen (secondary N) is 4. The molecule has 152 valence electrons. The Kier molecular flexibility index (Phi) is 4.78. The molecule has 0 radical (unpaired) electrons. The van der Waals surface area contributed by atoms with Crippen LogP contribution in [0.3, 0.4) is 0 Å². The molecule has 0 aliphatic heterocycles. The maximum atomic E-state index is 5.40. The molecule has 0 fully saturated rings. The van der Waals surface area contributed by atoms with Gasteiger partial charge in [0.15, 0.2) is 11.5 Å². The molecular weight excluding hydrogens is 386 g/mol. The quantitative estimate of drug-likeness (QED) is 0.288.